The van der Waals surface area contributed by atoms with Crippen molar-refractivity contribution in [3.63, 3.8) is 0 Å². The largest absolute Gasteiger partial charge is 0.496 e. The van der Waals surface area contributed by atoms with Crippen molar-refractivity contribution >= 4 is 16.9 Å². The number of hydrogen-bond donors (Lipinski definition) is 1. The van der Waals surface area contributed by atoms with Crippen molar-refractivity contribution in [1.82, 2.24) is 25.1 Å². The van der Waals surface area contributed by atoms with Gasteiger partial charge in [0.25, 0.3) is 5.91 Å². The highest BCUT2D eigenvalue weighted by Crippen LogP contribution is 2.34. The molecule has 0 spiro atoms. The van der Waals surface area contributed by atoms with E-state index < -0.39 is 0 Å². The summed E-state index contributed by atoms with van der Waals surface area (Å²) >= 11 is 0. The van der Waals surface area contributed by atoms with Gasteiger partial charge in [0.2, 0.25) is 0 Å². The summed E-state index contributed by atoms with van der Waals surface area (Å²) in [5.74, 6) is 0.462. The lowest BCUT2D eigenvalue weighted by Crippen LogP contribution is -2.24. The van der Waals surface area contributed by atoms with Crippen LogP contribution in [0.15, 0.2) is 61.1 Å². The lowest BCUT2D eigenvalue weighted by Gasteiger charge is -2.11. The van der Waals surface area contributed by atoms with Crippen molar-refractivity contribution in [1.29, 1.82) is 0 Å². The number of aryl methyl sites for hydroxylation is 1. The van der Waals surface area contributed by atoms with E-state index in [1.807, 2.05) is 36.4 Å². The van der Waals surface area contributed by atoms with E-state index in [1.54, 1.807) is 43.5 Å². The first-order valence-electron chi connectivity index (χ1n) is 8.80. The Hall–Kier alpha value is -3.74. The lowest BCUT2D eigenvalue weighted by atomic mass is 10.0. The van der Waals surface area contributed by atoms with Crippen LogP contribution in [-0.2, 0) is 13.6 Å². The van der Waals surface area contributed by atoms with Gasteiger partial charge in [-0.25, -0.2) is 4.98 Å². The minimum atomic E-state index is -0.261. The van der Waals surface area contributed by atoms with E-state index in [1.165, 1.54) is 0 Å². The Morgan fingerprint density at radius 1 is 1.14 bits per heavy atom. The molecule has 0 unspecified atom stereocenters. The number of amides is 1. The summed E-state index contributed by atoms with van der Waals surface area (Å²) in [5, 5.41) is 8.06. The van der Waals surface area contributed by atoms with Gasteiger partial charge >= 0.3 is 0 Å². The van der Waals surface area contributed by atoms with Crippen molar-refractivity contribution in [2.24, 2.45) is 7.05 Å². The summed E-state index contributed by atoms with van der Waals surface area (Å²) < 4.78 is 7.16. The molecule has 28 heavy (non-hydrogen) atoms. The van der Waals surface area contributed by atoms with E-state index in [0.29, 0.717) is 17.9 Å². The summed E-state index contributed by atoms with van der Waals surface area (Å²) in [6.45, 7) is 0.377. The van der Waals surface area contributed by atoms with Crippen molar-refractivity contribution < 1.29 is 9.53 Å². The first kappa shape index (κ1) is 17.7. The number of methoxy groups -OCH3 is 1. The standard InChI is InChI=1S/C21H19N5O2/c1-26-20-17(13-24-26)16(15-7-3-4-8-19(15)28-2)10-18(25-20)21(27)23-12-14-6-5-9-22-11-14/h3-11,13H,12H2,1-2H3,(H,23,27). The summed E-state index contributed by atoms with van der Waals surface area (Å²) in [6, 6.07) is 13.2. The van der Waals surface area contributed by atoms with Gasteiger partial charge in [0.15, 0.2) is 5.65 Å². The molecular weight excluding hydrogens is 354 g/mol. The number of nitrogens with one attached hydrogen (secondary N) is 1. The van der Waals surface area contributed by atoms with Crippen molar-refractivity contribution in [2.75, 3.05) is 7.11 Å². The molecule has 7 heteroatoms. The number of para-hydroxylation sites is 1. The third-order valence-electron chi connectivity index (χ3n) is 4.51. The van der Waals surface area contributed by atoms with Gasteiger partial charge in [0.1, 0.15) is 11.4 Å². The van der Waals surface area contributed by atoms with Gasteiger partial charge in [0.05, 0.1) is 13.3 Å². The van der Waals surface area contributed by atoms with E-state index in [2.05, 4.69) is 20.4 Å². The molecule has 4 rings (SSSR count). The van der Waals surface area contributed by atoms with E-state index in [0.717, 1.165) is 27.8 Å². The Labute approximate surface area is 162 Å². The van der Waals surface area contributed by atoms with Gasteiger partial charge in [-0.05, 0) is 23.8 Å². The Morgan fingerprint density at radius 2 is 2.00 bits per heavy atom. The monoisotopic (exact) mass is 373 g/mol. The minimum Gasteiger partial charge on any atom is -0.496 e. The van der Waals surface area contributed by atoms with Crippen LogP contribution in [0.4, 0.5) is 0 Å². The minimum absolute atomic E-state index is 0.261. The zero-order valence-electron chi connectivity index (χ0n) is 15.6. The molecule has 0 saturated heterocycles. The fraction of sp³-hybridized carbons (Fsp3) is 0.143. The first-order valence-corrected chi connectivity index (χ1v) is 8.80. The predicted molar refractivity (Wildman–Crippen MR) is 106 cm³/mol. The maximum Gasteiger partial charge on any atom is 0.270 e. The summed E-state index contributed by atoms with van der Waals surface area (Å²) in [5.41, 5.74) is 3.60. The molecule has 0 bridgehead atoms. The molecule has 0 radical (unpaired) electrons. The number of pyridine rings is 2. The second kappa shape index (κ2) is 7.48. The second-order valence-corrected chi connectivity index (χ2v) is 6.30. The molecule has 1 N–H and O–H groups in total. The predicted octanol–water partition coefficient (Wildman–Crippen LogP) is 2.97. The molecule has 1 amide bonds. The highest BCUT2D eigenvalue weighted by molar-refractivity contribution is 6.01. The molecule has 7 nitrogen and oxygen atoms in total. The topological polar surface area (TPSA) is 81.9 Å². The number of rotatable bonds is 5. The van der Waals surface area contributed by atoms with Gasteiger partial charge < -0.3 is 10.1 Å². The number of nitrogens with zero attached hydrogens (tertiary/aromatic N) is 4. The normalized spacial score (nSPS) is 10.8. The summed E-state index contributed by atoms with van der Waals surface area (Å²) in [7, 11) is 3.43. The molecular formula is C21H19N5O2. The van der Waals surface area contributed by atoms with Crippen LogP contribution in [0, 0.1) is 0 Å². The fourth-order valence-electron chi connectivity index (χ4n) is 3.10. The molecule has 4 aromatic rings. The molecule has 0 aliphatic rings. The third kappa shape index (κ3) is 3.29. The number of hydrogen-bond acceptors (Lipinski definition) is 5. The number of carbonyl (C=O) groups excluding carboxylic acids is 1. The average Bonchev–Trinajstić information content (AvgIpc) is 3.13. The van der Waals surface area contributed by atoms with Crippen molar-refractivity contribution in [2.45, 2.75) is 6.54 Å². The van der Waals surface area contributed by atoms with E-state index >= 15 is 0 Å². The number of ether oxygens (including phenoxy) is 1. The average molecular weight is 373 g/mol. The van der Waals surface area contributed by atoms with E-state index in [-0.39, 0.29) is 5.91 Å². The Morgan fingerprint density at radius 3 is 2.79 bits per heavy atom. The maximum absolute atomic E-state index is 12.8. The molecule has 3 heterocycles. The van der Waals surface area contributed by atoms with Crippen molar-refractivity contribution in [3.8, 4) is 16.9 Å². The number of aromatic nitrogens is 4. The van der Waals surface area contributed by atoms with Gasteiger partial charge in [-0.1, -0.05) is 24.3 Å². The molecule has 1 aromatic carbocycles. The Kier molecular flexibility index (Phi) is 4.72. The second-order valence-electron chi connectivity index (χ2n) is 6.30. The highest BCUT2D eigenvalue weighted by atomic mass is 16.5. The molecule has 0 aliphatic heterocycles. The highest BCUT2D eigenvalue weighted by Gasteiger charge is 2.17. The lowest BCUT2D eigenvalue weighted by molar-refractivity contribution is 0.0946. The Balaban J connectivity index is 1.75. The van der Waals surface area contributed by atoms with Crippen LogP contribution in [0.3, 0.4) is 0 Å². The SMILES string of the molecule is COc1ccccc1-c1cc(C(=O)NCc2cccnc2)nc2c1cnn2C. The summed E-state index contributed by atoms with van der Waals surface area (Å²) in [6.07, 6.45) is 5.17. The van der Waals surface area contributed by atoms with Crippen LogP contribution in [0.25, 0.3) is 22.2 Å². The van der Waals surface area contributed by atoms with Crippen LogP contribution < -0.4 is 10.1 Å². The van der Waals surface area contributed by atoms with Crippen LogP contribution >= 0.6 is 0 Å². The Bertz CT molecular complexity index is 1140. The van der Waals surface area contributed by atoms with Gasteiger partial charge in [0, 0.05) is 42.5 Å². The molecule has 0 fully saturated rings. The fourth-order valence-corrected chi connectivity index (χ4v) is 3.10. The molecule has 0 aliphatic carbocycles. The van der Waals surface area contributed by atoms with Gasteiger partial charge in [-0.15, -0.1) is 0 Å². The van der Waals surface area contributed by atoms with Crippen LogP contribution in [0.1, 0.15) is 16.1 Å². The van der Waals surface area contributed by atoms with E-state index in [4.69, 9.17) is 4.74 Å². The molecule has 140 valence electrons. The maximum atomic E-state index is 12.8. The third-order valence-corrected chi connectivity index (χ3v) is 4.51. The number of carbonyl (C=O) groups is 1. The quantitative estimate of drug-likeness (QED) is 0.582. The van der Waals surface area contributed by atoms with Crippen LogP contribution in [-0.4, -0.2) is 32.8 Å². The van der Waals surface area contributed by atoms with Crippen LogP contribution in [0.5, 0.6) is 5.75 Å². The smallest absolute Gasteiger partial charge is 0.270 e. The molecule has 0 saturated carbocycles. The zero-order chi connectivity index (χ0) is 19.5. The summed E-state index contributed by atoms with van der Waals surface area (Å²) in [4.78, 5) is 21.4. The van der Waals surface area contributed by atoms with Crippen molar-refractivity contribution in [3.05, 3.63) is 72.3 Å². The number of benzene rings is 1. The molecule has 3 aromatic heterocycles. The zero-order valence-corrected chi connectivity index (χ0v) is 15.6. The van der Waals surface area contributed by atoms with Gasteiger partial charge in [-0.2, -0.15) is 5.10 Å². The first-order chi connectivity index (χ1) is 13.7. The van der Waals surface area contributed by atoms with E-state index in [9.17, 15) is 4.79 Å². The number of fused-ring (bicyclic) bond motifs is 1. The van der Waals surface area contributed by atoms with Gasteiger partial charge in [-0.3, -0.25) is 14.5 Å². The molecule has 0 atom stereocenters. The van der Waals surface area contributed by atoms with Crippen LogP contribution in [0.2, 0.25) is 0 Å².